The molecule has 0 spiro atoms. The topological polar surface area (TPSA) is 168 Å². The molecule has 0 radical (unpaired) electrons. The third-order valence-electron chi connectivity index (χ3n) is 9.65. The first kappa shape index (κ1) is 44.2. The van der Waals surface area contributed by atoms with E-state index < -0.39 is 66.0 Å². The lowest BCUT2D eigenvalue weighted by atomic mass is 10.1. The summed E-state index contributed by atoms with van der Waals surface area (Å²) in [6.45, 7) is 4.09. The molecule has 13 nitrogen and oxygen atoms in total. The average Bonchev–Trinajstić information content (AvgIpc) is 3.68. The summed E-state index contributed by atoms with van der Waals surface area (Å²) in [6, 6.07) is 27.5. The van der Waals surface area contributed by atoms with Crippen molar-refractivity contribution in [3.8, 4) is 11.3 Å². The zero-order valence-corrected chi connectivity index (χ0v) is 35.4. The van der Waals surface area contributed by atoms with Crippen molar-refractivity contribution in [2.75, 3.05) is 22.9 Å². The summed E-state index contributed by atoms with van der Waals surface area (Å²) in [7, 11) is 0. The van der Waals surface area contributed by atoms with Gasteiger partial charge in [-0.25, -0.2) is 4.98 Å². The van der Waals surface area contributed by atoms with Crippen LogP contribution >= 0.6 is 23.2 Å². The number of carbonyl (C=O) groups excluding carboxylic acids is 6. The SMILES string of the molecule is CC(C)(C)OC(=O)CC(NC(=O)CN1C(=O)[C@@H](NC(=O)CCc2ccccc2)CN(C(=O)CCc2ccccc2)c2ccccc21)C(=O)c1ncc(-c2c(Cl)cccc2Cl)o1. The molecule has 2 heterocycles. The zero-order chi connectivity index (χ0) is 43.7. The van der Waals surface area contributed by atoms with Crippen LogP contribution in [-0.4, -0.2) is 71.1 Å². The predicted molar refractivity (Wildman–Crippen MR) is 231 cm³/mol. The van der Waals surface area contributed by atoms with E-state index in [4.69, 9.17) is 32.4 Å². The van der Waals surface area contributed by atoms with Gasteiger partial charge in [-0.2, -0.15) is 0 Å². The summed E-state index contributed by atoms with van der Waals surface area (Å²) < 4.78 is 11.3. The number of benzene rings is 4. The zero-order valence-electron chi connectivity index (χ0n) is 33.9. The number of ketones is 1. The van der Waals surface area contributed by atoms with Gasteiger partial charge in [-0.1, -0.05) is 102 Å². The summed E-state index contributed by atoms with van der Waals surface area (Å²) in [5, 5.41) is 5.89. The van der Waals surface area contributed by atoms with Gasteiger partial charge in [0, 0.05) is 12.8 Å². The van der Waals surface area contributed by atoms with E-state index in [1.54, 1.807) is 63.2 Å². The van der Waals surface area contributed by atoms with Gasteiger partial charge in [0.1, 0.15) is 24.2 Å². The predicted octanol–water partition coefficient (Wildman–Crippen LogP) is 7.18. The number of fused-ring (bicyclic) bond motifs is 1. The molecule has 1 aliphatic rings. The number of aromatic nitrogens is 1. The number of Topliss-reactive ketones (excluding diaryl/α,β-unsaturated/α-hetero) is 1. The molecule has 6 rings (SSSR count). The molecule has 1 aliphatic heterocycles. The standard InChI is InChI=1S/C46H45Cl2N5O8/c1-46(2,3)61-41(57)25-33(43(58)44-49-26-37(60-44)42-31(47)17-12-18-32(42)48)50-39(55)28-53-36-20-11-10-19-35(36)52(40(56)24-22-30-15-8-5-9-16-30)27-34(45(53)59)51-38(54)23-21-29-13-6-4-7-14-29/h4-20,26,33-34H,21-25,27-28H2,1-3H3,(H,50,55)(H,51,54)/t33?,34-/m0/s1. The molecule has 1 unspecified atom stereocenters. The Kier molecular flexibility index (Phi) is 14.4. The number of nitrogens with one attached hydrogen (secondary N) is 2. The Morgan fingerprint density at radius 3 is 2.02 bits per heavy atom. The molecule has 0 aliphatic carbocycles. The highest BCUT2D eigenvalue weighted by Gasteiger charge is 2.39. The van der Waals surface area contributed by atoms with Crippen molar-refractivity contribution in [3.05, 3.63) is 136 Å². The van der Waals surface area contributed by atoms with E-state index in [0.717, 1.165) is 16.0 Å². The maximum absolute atomic E-state index is 14.6. The number of amides is 4. The van der Waals surface area contributed by atoms with Gasteiger partial charge in [-0.15, -0.1) is 0 Å². The van der Waals surface area contributed by atoms with E-state index in [2.05, 4.69) is 15.6 Å². The lowest BCUT2D eigenvalue weighted by Crippen LogP contribution is -2.55. The molecular weight excluding hydrogens is 821 g/mol. The molecule has 5 aromatic rings. The Hall–Kier alpha value is -6.31. The third kappa shape index (κ3) is 11.7. The first-order chi connectivity index (χ1) is 29.2. The highest BCUT2D eigenvalue weighted by Crippen LogP contribution is 2.36. The number of nitrogens with zero attached hydrogens (tertiary/aromatic N) is 3. The van der Waals surface area contributed by atoms with Gasteiger partial charge in [0.05, 0.1) is 46.1 Å². The molecule has 316 valence electrons. The molecule has 2 N–H and O–H groups in total. The highest BCUT2D eigenvalue weighted by molar-refractivity contribution is 6.39. The molecule has 2 atom stereocenters. The highest BCUT2D eigenvalue weighted by atomic mass is 35.5. The Morgan fingerprint density at radius 1 is 0.803 bits per heavy atom. The number of oxazole rings is 1. The van der Waals surface area contributed by atoms with Gasteiger partial charge in [0.25, 0.3) is 11.8 Å². The van der Waals surface area contributed by atoms with Gasteiger partial charge in [-0.05, 0) is 69.0 Å². The van der Waals surface area contributed by atoms with Crippen molar-refractivity contribution >= 4 is 70.0 Å². The minimum atomic E-state index is -1.56. The number of carbonyl (C=O) groups is 6. The second-order valence-electron chi connectivity index (χ2n) is 15.4. The number of esters is 1. The maximum atomic E-state index is 14.6. The van der Waals surface area contributed by atoms with Crippen LogP contribution in [0.3, 0.4) is 0 Å². The van der Waals surface area contributed by atoms with Crippen LogP contribution in [0.15, 0.2) is 114 Å². The minimum absolute atomic E-state index is 0.0584. The van der Waals surface area contributed by atoms with Gasteiger partial charge < -0.3 is 24.7 Å². The molecule has 61 heavy (non-hydrogen) atoms. The Labute approximate surface area is 363 Å². The Bertz CT molecular complexity index is 2380. The van der Waals surface area contributed by atoms with E-state index >= 15 is 0 Å². The number of ether oxygens (including phenoxy) is 1. The molecule has 0 bridgehead atoms. The fourth-order valence-corrected chi connectivity index (χ4v) is 7.41. The summed E-state index contributed by atoms with van der Waals surface area (Å²) in [6.07, 6.45) is 1.63. The minimum Gasteiger partial charge on any atom is -0.460 e. The van der Waals surface area contributed by atoms with Crippen LogP contribution in [0.4, 0.5) is 11.4 Å². The van der Waals surface area contributed by atoms with Crippen molar-refractivity contribution < 1.29 is 37.9 Å². The lowest BCUT2D eigenvalue weighted by Gasteiger charge is -2.26. The van der Waals surface area contributed by atoms with Crippen LogP contribution in [-0.2, 0) is 41.6 Å². The van der Waals surface area contributed by atoms with Crippen LogP contribution in [0.5, 0.6) is 0 Å². The average molecular weight is 867 g/mol. The van der Waals surface area contributed by atoms with E-state index in [1.165, 1.54) is 11.1 Å². The molecule has 0 saturated heterocycles. The van der Waals surface area contributed by atoms with Crippen LogP contribution < -0.4 is 20.4 Å². The normalized spacial score (nSPS) is 14.4. The van der Waals surface area contributed by atoms with Gasteiger partial charge in [-0.3, -0.25) is 33.7 Å². The number of hydrogen-bond donors (Lipinski definition) is 2. The quantitative estimate of drug-likeness (QED) is 0.0819. The van der Waals surface area contributed by atoms with Gasteiger partial charge in [0.15, 0.2) is 5.76 Å². The van der Waals surface area contributed by atoms with Crippen LogP contribution in [0, 0.1) is 0 Å². The fourth-order valence-electron chi connectivity index (χ4n) is 6.82. The second kappa shape index (κ2) is 19.8. The Morgan fingerprint density at radius 2 is 1.39 bits per heavy atom. The first-order valence-corrected chi connectivity index (χ1v) is 20.5. The van der Waals surface area contributed by atoms with E-state index in [-0.39, 0.29) is 52.3 Å². The number of aryl methyl sites for hydroxylation is 2. The molecule has 0 saturated carbocycles. The van der Waals surface area contributed by atoms with Gasteiger partial charge in [0.2, 0.25) is 23.5 Å². The number of halogens is 2. The summed E-state index contributed by atoms with van der Waals surface area (Å²) in [4.78, 5) is 90.0. The van der Waals surface area contributed by atoms with Crippen LogP contribution in [0.2, 0.25) is 10.0 Å². The van der Waals surface area contributed by atoms with E-state index in [1.807, 2.05) is 60.7 Å². The van der Waals surface area contributed by atoms with E-state index in [9.17, 15) is 28.8 Å². The van der Waals surface area contributed by atoms with Crippen LogP contribution in [0.25, 0.3) is 11.3 Å². The smallest absolute Gasteiger partial charge is 0.308 e. The molecule has 0 fully saturated rings. The maximum Gasteiger partial charge on any atom is 0.308 e. The number of hydrogen-bond acceptors (Lipinski definition) is 9. The lowest BCUT2D eigenvalue weighted by molar-refractivity contribution is -0.155. The van der Waals surface area contributed by atoms with Crippen molar-refractivity contribution in [1.29, 1.82) is 0 Å². The van der Waals surface area contributed by atoms with Gasteiger partial charge >= 0.3 is 5.97 Å². The molecule has 15 heteroatoms. The monoisotopic (exact) mass is 865 g/mol. The number of rotatable bonds is 15. The second-order valence-corrected chi connectivity index (χ2v) is 16.2. The fraction of sp³-hybridized carbons (Fsp3) is 0.283. The summed E-state index contributed by atoms with van der Waals surface area (Å²) in [5.41, 5.74) is 1.81. The Balaban J connectivity index is 1.28. The summed E-state index contributed by atoms with van der Waals surface area (Å²) >= 11 is 12.7. The van der Waals surface area contributed by atoms with Crippen molar-refractivity contribution in [2.24, 2.45) is 0 Å². The summed E-state index contributed by atoms with van der Waals surface area (Å²) in [5.74, 6) is -4.28. The van der Waals surface area contributed by atoms with Crippen molar-refractivity contribution in [1.82, 2.24) is 15.6 Å². The molecule has 4 aromatic carbocycles. The number of para-hydroxylation sites is 2. The largest absolute Gasteiger partial charge is 0.460 e. The molecule has 4 amide bonds. The third-order valence-corrected chi connectivity index (χ3v) is 10.3. The van der Waals surface area contributed by atoms with Crippen molar-refractivity contribution in [2.45, 2.75) is 70.6 Å². The first-order valence-electron chi connectivity index (χ1n) is 19.7. The van der Waals surface area contributed by atoms with Crippen LogP contribution in [0.1, 0.15) is 61.8 Å². The number of anilines is 2. The molecule has 1 aromatic heterocycles. The van der Waals surface area contributed by atoms with E-state index in [0.29, 0.717) is 18.5 Å². The van der Waals surface area contributed by atoms with Crippen molar-refractivity contribution in [3.63, 3.8) is 0 Å². The molecular formula is C46H45Cl2N5O8.